The normalized spacial score (nSPS) is 12.6. The molecule has 4 heteroatoms. The lowest BCUT2D eigenvalue weighted by molar-refractivity contribution is -0.137. The molecule has 30 heavy (non-hydrogen) atoms. The van der Waals surface area contributed by atoms with Crippen molar-refractivity contribution >= 4 is 5.97 Å². The second-order valence-electron chi connectivity index (χ2n) is 8.48. The van der Waals surface area contributed by atoms with Gasteiger partial charge in [-0.2, -0.15) is 0 Å². The number of carbonyl (C=O) groups excluding carboxylic acids is 1. The van der Waals surface area contributed by atoms with Gasteiger partial charge in [0.25, 0.3) is 0 Å². The summed E-state index contributed by atoms with van der Waals surface area (Å²) in [4.78, 5) is 11.6. The van der Waals surface area contributed by atoms with Gasteiger partial charge in [0.2, 0.25) is 0 Å². The van der Waals surface area contributed by atoms with Crippen molar-refractivity contribution in [1.29, 1.82) is 0 Å². The number of nitrogens with one attached hydrogen (secondary N) is 1. The lowest BCUT2D eigenvalue weighted by Crippen LogP contribution is -2.27. The van der Waals surface area contributed by atoms with Gasteiger partial charge in [-0.25, -0.2) is 4.79 Å². The second kappa shape index (κ2) is 22.5. The van der Waals surface area contributed by atoms with Gasteiger partial charge in [0, 0.05) is 6.04 Å². The zero-order chi connectivity index (χ0) is 22.3. The summed E-state index contributed by atoms with van der Waals surface area (Å²) in [7, 11) is 0. The monoisotopic (exact) mass is 425 g/mol. The highest BCUT2D eigenvalue weighted by molar-refractivity contribution is 5.82. The minimum absolute atomic E-state index is 0.291. The zero-order valence-corrected chi connectivity index (χ0v) is 20.6. The SMILES string of the molecule is CCCCCCCCCCCCCCCCCC(C)NC(=CC(=O)OCC)OCC. The van der Waals surface area contributed by atoms with Crippen molar-refractivity contribution in [1.82, 2.24) is 5.32 Å². The average Bonchev–Trinajstić information content (AvgIpc) is 2.71. The first-order valence-electron chi connectivity index (χ1n) is 12.9. The molecule has 0 saturated heterocycles. The van der Waals surface area contributed by atoms with E-state index in [2.05, 4.69) is 19.2 Å². The number of rotatable bonds is 22. The van der Waals surface area contributed by atoms with Gasteiger partial charge >= 0.3 is 5.97 Å². The molecule has 0 spiro atoms. The van der Waals surface area contributed by atoms with Crippen LogP contribution in [0.4, 0.5) is 0 Å². The quantitative estimate of drug-likeness (QED) is 0.0836. The molecule has 0 aliphatic heterocycles. The van der Waals surface area contributed by atoms with Crippen molar-refractivity contribution in [3.63, 3.8) is 0 Å². The Hall–Kier alpha value is -1.19. The van der Waals surface area contributed by atoms with Crippen LogP contribution in [0.15, 0.2) is 12.0 Å². The first-order valence-corrected chi connectivity index (χ1v) is 12.9. The number of hydrogen-bond acceptors (Lipinski definition) is 4. The van der Waals surface area contributed by atoms with E-state index in [0.29, 0.717) is 25.1 Å². The summed E-state index contributed by atoms with van der Waals surface area (Å²) in [6.07, 6.45) is 23.3. The summed E-state index contributed by atoms with van der Waals surface area (Å²) in [6.45, 7) is 9.05. The largest absolute Gasteiger partial charge is 0.479 e. The fraction of sp³-hybridized carbons (Fsp3) is 0.885. The van der Waals surface area contributed by atoms with E-state index in [1.54, 1.807) is 6.92 Å². The summed E-state index contributed by atoms with van der Waals surface area (Å²) in [6, 6.07) is 0.291. The third-order valence-corrected chi connectivity index (χ3v) is 5.46. The summed E-state index contributed by atoms with van der Waals surface area (Å²) < 4.78 is 10.5. The lowest BCUT2D eigenvalue weighted by Gasteiger charge is -2.17. The molecular formula is C26H51NO3. The predicted octanol–water partition coefficient (Wildman–Crippen LogP) is 7.67. The van der Waals surface area contributed by atoms with Crippen LogP contribution in [0.2, 0.25) is 0 Å². The van der Waals surface area contributed by atoms with E-state index < -0.39 is 0 Å². The van der Waals surface area contributed by atoms with Crippen molar-refractivity contribution in [2.24, 2.45) is 0 Å². The van der Waals surface area contributed by atoms with Gasteiger partial charge in [-0.1, -0.05) is 103 Å². The highest BCUT2D eigenvalue weighted by Gasteiger charge is 2.08. The van der Waals surface area contributed by atoms with Gasteiger partial charge < -0.3 is 14.8 Å². The van der Waals surface area contributed by atoms with Gasteiger partial charge in [-0.05, 0) is 27.2 Å². The molecule has 1 unspecified atom stereocenters. The van der Waals surface area contributed by atoms with E-state index in [4.69, 9.17) is 9.47 Å². The van der Waals surface area contributed by atoms with Crippen LogP contribution >= 0.6 is 0 Å². The average molecular weight is 426 g/mol. The van der Waals surface area contributed by atoms with E-state index in [1.165, 1.54) is 102 Å². The molecule has 0 aliphatic rings. The molecule has 0 aliphatic carbocycles. The van der Waals surface area contributed by atoms with Crippen molar-refractivity contribution < 1.29 is 14.3 Å². The Morgan fingerprint density at radius 1 is 0.700 bits per heavy atom. The van der Waals surface area contributed by atoms with Crippen LogP contribution in [-0.4, -0.2) is 25.2 Å². The van der Waals surface area contributed by atoms with Gasteiger partial charge in [0.1, 0.15) is 0 Å². The molecule has 0 aromatic carbocycles. The van der Waals surface area contributed by atoms with E-state index >= 15 is 0 Å². The topological polar surface area (TPSA) is 47.6 Å². The van der Waals surface area contributed by atoms with Crippen LogP contribution in [-0.2, 0) is 14.3 Å². The van der Waals surface area contributed by atoms with Crippen LogP contribution in [0.1, 0.15) is 130 Å². The van der Waals surface area contributed by atoms with Crippen molar-refractivity contribution in [2.45, 2.75) is 136 Å². The second-order valence-corrected chi connectivity index (χ2v) is 8.48. The molecule has 4 nitrogen and oxygen atoms in total. The highest BCUT2D eigenvalue weighted by Crippen LogP contribution is 2.14. The molecular weight excluding hydrogens is 374 g/mol. The van der Waals surface area contributed by atoms with Gasteiger partial charge in [0.15, 0.2) is 5.88 Å². The molecule has 1 N–H and O–H groups in total. The molecule has 0 aromatic rings. The molecule has 1 atom stereocenters. The summed E-state index contributed by atoms with van der Waals surface area (Å²) >= 11 is 0. The molecule has 0 fully saturated rings. The Balaban J connectivity index is 3.55. The van der Waals surface area contributed by atoms with Gasteiger partial charge in [0.05, 0.1) is 19.3 Å². The summed E-state index contributed by atoms with van der Waals surface area (Å²) in [5, 5.41) is 3.29. The maximum absolute atomic E-state index is 11.6. The Morgan fingerprint density at radius 3 is 1.57 bits per heavy atom. The first kappa shape index (κ1) is 28.8. The number of hydrogen-bond donors (Lipinski definition) is 1. The van der Waals surface area contributed by atoms with Crippen LogP contribution in [0, 0.1) is 0 Å². The van der Waals surface area contributed by atoms with E-state index in [0.717, 1.165) is 6.42 Å². The number of ether oxygens (including phenoxy) is 2. The predicted molar refractivity (Wildman–Crippen MR) is 128 cm³/mol. The lowest BCUT2D eigenvalue weighted by atomic mass is 10.0. The number of carbonyl (C=O) groups is 1. The maximum Gasteiger partial charge on any atom is 0.336 e. The fourth-order valence-electron chi connectivity index (χ4n) is 3.71. The third-order valence-electron chi connectivity index (χ3n) is 5.46. The Morgan fingerprint density at radius 2 is 1.13 bits per heavy atom. The van der Waals surface area contributed by atoms with Gasteiger partial charge in [-0.15, -0.1) is 0 Å². The molecule has 0 aromatic heterocycles. The number of unbranched alkanes of at least 4 members (excludes halogenated alkanes) is 14. The zero-order valence-electron chi connectivity index (χ0n) is 20.6. The number of esters is 1. The molecule has 0 radical (unpaired) electrons. The Bertz CT molecular complexity index is 409. The van der Waals surface area contributed by atoms with Crippen LogP contribution < -0.4 is 5.32 Å². The van der Waals surface area contributed by atoms with Crippen LogP contribution in [0.25, 0.3) is 0 Å². The summed E-state index contributed by atoms with van der Waals surface area (Å²) in [5.41, 5.74) is 0. The standard InChI is InChI=1S/C26H51NO3/c1-5-8-9-10-11-12-13-14-15-16-17-18-19-20-21-22-24(4)27-25(29-6-2)23-26(28)30-7-3/h23-24,27H,5-22H2,1-4H3. The molecule has 0 saturated carbocycles. The summed E-state index contributed by atoms with van der Waals surface area (Å²) in [5.74, 6) is 0.164. The van der Waals surface area contributed by atoms with E-state index in [-0.39, 0.29) is 5.97 Å². The van der Waals surface area contributed by atoms with Crippen LogP contribution in [0.5, 0.6) is 0 Å². The Kier molecular flexibility index (Phi) is 21.6. The first-order chi connectivity index (χ1) is 14.6. The van der Waals surface area contributed by atoms with E-state index in [9.17, 15) is 4.79 Å². The minimum Gasteiger partial charge on any atom is -0.479 e. The van der Waals surface area contributed by atoms with Crippen LogP contribution in [0.3, 0.4) is 0 Å². The minimum atomic E-state index is -0.354. The van der Waals surface area contributed by atoms with Crippen molar-refractivity contribution in [3.05, 3.63) is 12.0 Å². The molecule has 178 valence electrons. The van der Waals surface area contributed by atoms with Crippen molar-refractivity contribution in [3.8, 4) is 0 Å². The highest BCUT2D eigenvalue weighted by atomic mass is 16.5. The maximum atomic E-state index is 11.6. The third kappa shape index (κ3) is 20.1. The smallest absolute Gasteiger partial charge is 0.336 e. The molecule has 0 heterocycles. The molecule has 0 bridgehead atoms. The fourth-order valence-corrected chi connectivity index (χ4v) is 3.71. The van der Waals surface area contributed by atoms with Gasteiger partial charge in [-0.3, -0.25) is 0 Å². The Labute approximate surface area is 187 Å². The van der Waals surface area contributed by atoms with Crippen molar-refractivity contribution in [2.75, 3.05) is 13.2 Å². The van der Waals surface area contributed by atoms with E-state index in [1.807, 2.05) is 6.92 Å². The molecule has 0 amide bonds. The molecule has 0 rings (SSSR count).